The lowest BCUT2D eigenvalue weighted by molar-refractivity contribution is -0.149. The van der Waals surface area contributed by atoms with Gasteiger partial charge in [0, 0.05) is 13.1 Å². The van der Waals surface area contributed by atoms with Crippen molar-refractivity contribution in [2.75, 3.05) is 18.8 Å². The maximum atomic E-state index is 12.4. The van der Waals surface area contributed by atoms with Crippen LogP contribution in [0, 0.1) is 5.41 Å². The molecule has 1 aliphatic heterocycles. The van der Waals surface area contributed by atoms with Gasteiger partial charge >= 0.3 is 5.97 Å². The van der Waals surface area contributed by atoms with Crippen molar-refractivity contribution in [2.24, 2.45) is 5.41 Å². The molecule has 0 saturated carbocycles. The van der Waals surface area contributed by atoms with Crippen molar-refractivity contribution < 1.29 is 23.1 Å². The highest BCUT2D eigenvalue weighted by molar-refractivity contribution is 7.89. The van der Waals surface area contributed by atoms with Crippen molar-refractivity contribution in [3.8, 4) is 0 Å². The van der Waals surface area contributed by atoms with E-state index in [1.165, 1.54) is 4.31 Å². The summed E-state index contributed by atoms with van der Waals surface area (Å²) >= 11 is 0. The smallest absolute Gasteiger partial charge is 0.311 e. The summed E-state index contributed by atoms with van der Waals surface area (Å²) < 4.78 is 25.7. The number of rotatable bonds is 9. The van der Waals surface area contributed by atoms with Gasteiger partial charge in [-0.25, -0.2) is 8.42 Å². The van der Waals surface area contributed by atoms with E-state index < -0.39 is 33.4 Å². The number of hydrogen-bond donors (Lipinski definition) is 2. The minimum atomic E-state index is -3.43. The fourth-order valence-corrected chi connectivity index (χ4v) is 4.71. The van der Waals surface area contributed by atoms with Crippen LogP contribution in [0.3, 0.4) is 0 Å². The van der Waals surface area contributed by atoms with Gasteiger partial charge in [-0.2, -0.15) is 4.31 Å². The van der Waals surface area contributed by atoms with E-state index in [-0.39, 0.29) is 12.3 Å². The standard InChI is InChI=1S/C15H28N2O5S/c1-4-10-23(21,22)17-9-7-8-12(17)13(18)16-11-15(5-2,6-3)14(19)20/h12H,4-11H2,1-3H3,(H,16,18)(H,19,20). The molecule has 8 heteroatoms. The van der Waals surface area contributed by atoms with Gasteiger partial charge in [0.2, 0.25) is 15.9 Å². The van der Waals surface area contributed by atoms with Gasteiger partial charge in [0.05, 0.1) is 11.2 Å². The van der Waals surface area contributed by atoms with E-state index in [0.717, 1.165) is 0 Å². The minimum Gasteiger partial charge on any atom is -0.481 e. The average molecular weight is 348 g/mol. The van der Waals surface area contributed by atoms with Gasteiger partial charge < -0.3 is 10.4 Å². The molecule has 1 fully saturated rings. The van der Waals surface area contributed by atoms with Crippen LogP contribution >= 0.6 is 0 Å². The Labute approximate surface area is 138 Å². The molecule has 1 amide bonds. The first kappa shape index (κ1) is 19.9. The van der Waals surface area contributed by atoms with Crippen LogP contribution in [0.25, 0.3) is 0 Å². The largest absolute Gasteiger partial charge is 0.481 e. The molecule has 0 aromatic rings. The summed E-state index contributed by atoms with van der Waals surface area (Å²) in [4.78, 5) is 23.9. The monoisotopic (exact) mass is 348 g/mol. The van der Waals surface area contributed by atoms with Crippen molar-refractivity contribution in [3.05, 3.63) is 0 Å². The van der Waals surface area contributed by atoms with Gasteiger partial charge in [0.15, 0.2) is 0 Å². The van der Waals surface area contributed by atoms with Gasteiger partial charge in [-0.3, -0.25) is 9.59 Å². The first-order valence-electron chi connectivity index (χ1n) is 8.24. The molecule has 1 aliphatic rings. The third-order valence-electron chi connectivity index (χ3n) is 4.73. The zero-order valence-corrected chi connectivity index (χ0v) is 15.0. The second-order valence-electron chi connectivity index (χ2n) is 6.10. The number of aliphatic carboxylic acids is 1. The molecular weight excluding hydrogens is 320 g/mol. The summed E-state index contributed by atoms with van der Waals surface area (Å²) in [6, 6.07) is -0.716. The van der Waals surface area contributed by atoms with Crippen LogP contribution in [-0.4, -0.2) is 54.6 Å². The molecule has 1 saturated heterocycles. The number of carboxylic acid groups (broad SMARTS) is 1. The Morgan fingerprint density at radius 2 is 1.87 bits per heavy atom. The maximum Gasteiger partial charge on any atom is 0.311 e. The number of carbonyl (C=O) groups is 2. The van der Waals surface area contributed by atoms with E-state index in [1.54, 1.807) is 20.8 Å². The van der Waals surface area contributed by atoms with E-state index in [1.807, 2.05) is 0 Å². The molecule has 2 N–H and O–H groups in total. The van der Waals surface area contributed by atoms with Gasteiger partial charge in [0.25, 0.3) is 0 Å². The molecule has 0 aromatic heterocycles. The molecular formula is C15H28N2O5S. The highest BCUT2D eigenvalue weighted by Gasteiger charge is 2.40. The SMILES string of the molecule is CCCS(=O)(=O)N1CCCC1C(=O)NCC(CC)(CC)C(=O)O. The second-order valence-corrected chi connectivity index (χ2v) is 8.14. The van der Waals surface area contributed by atoms with E-state index in [2.05, 4.69) is 5.32 Å². The molecule has 0 radical (unpaired) electrons. The molecule has 0 bridgehead atoms. The first-order chi connectivity index (χ1) is 10.7. The van der Waals surface area contributed by atoms with Gasteiger partial charge in [-0.1, -0.05) is 20.8 Å². The summed E-state index contributed by atoms with van der Waals surface area (Å²) in [5.41, 5.74) is -0.999. The summed E-state index contributed by atoms with van der Waals surface area (Å²) in [5, 5.41) is 12.1. The van der Waals surface area contributed by atoms with Gasteiger partial charge in [-0.05, 0) is 32.1 Å². The molecule has 1 atom stereocenters. The molecule has 7 nitrogen and oxygen atoms in total. The zero-order valence-electron chi connectivity index (χ0n) is 14.2. The molecule has 0 aliphatic carbocycles. The molecule has 134 valence electrons. The molecule has 0 spiro atoms. The first-order valence-corrected chi connectivity index (χ1v) is 9.85. The highest BCUT2D eigenvalue weighted by Crippen LogP contribution is 2.27. The van der Waals surface area contributed by atoms with E-state index in [0.29, 0.717) is 38.6 Å². The van der Waals surface area contributed by atoms with E-state index in [9.17, 15) is 23.1 Å². The Balaban J connectivity index is 2.79. The predicted molar refractivity (Wildman–Crippen MR) is 87.5 cm³/mol. The third kappa shape index (κ3) is 4.44. The maximum absolute atomic E-state index is 12.4. The second kappa shape index (κ2) is 8.10. The predicted octanol–water partition coefficient (Wildman–Crippen LogP) is 1.20. The van der Waals surface area contributed by atoms with E-state index >= 15 is 0 Å². The fraction of sp³-hybridized carbons (Fsp3) is 0.867. The Morgan fingerprint density at radius 1 is 1.26 bits per heavy atom. The lowest BCUT2D eigenvalue weighted by atomic mass is 9.82. The quantitative estimate of drug-likeness (QED) is 0.651. The van der Waals surface area contributed by atoms with Crippen LogP contribution < -0.4 is 5.32 Å². The zero-order chi connectivity index (χ0) is 17.7. The van der Waals surface area contributed by atoms with Crippen LogP contribution in [0.2, 0.25) is 0 Å². The lowest BCUT2D eigenvalue weighted by Crippen LogP contribution is -2.50. The third-order valence-corrected chi connectivity index (χ3v) is 6.81. The molecule has 1 unspecified atom stereocenters. The van der Waals surface area contributed by atoms with Crippen LogP contribution in [0.5, 0.6) is 0 Å². The van der Waals surface area contributed by atoms with E-state index in [4.69, 9.17) is 0 Å². The number of amides is 1. The van der Waals surface area contributed by atoms with Crippen molar-refractivity contribution in [3.63, 3.8) is 0 Å². The molecule has 23 heavy (non-hydrogen) atoms. The Bertz CT molecular complexity index is 528. The summed E-state index contributed by atoms with van der Waals surface area (Å²) in [5.74, 6) is -1.31. The Morgan fingerprint density at radius 3 is 2.35 bits per heavy atom. The molecule has 1 heterocycles. The van der Waals surface area contributed by atoms with Crippen LogP contribution in [0.1, 0.15) is 52.9 Å². The number of sulfonamides is 1. The summed E-state index contributed by atoms with van der Waals surface area (Å²) in [7, 11) is -3.43. The summed E-state index contributed by atoms with van der Waals surface area (Å²) in [6.07, 6.45) is 2.43. The van der Waals surface area contributed by atoms with Crippen molar-refractivity contribution in [1.82, 2.24) is 9.62 Å². The average Bonchev–Trinajstić information content (AvgIpc) is 2.98. The minimum absolute atomic E-state index is 0.0202. The van der Waals surface area contributed by atoms with Crippen LogP contribution in [0.15, 0.2) is 0 Å². The topological polar surface area (TPSA) is 104 Å². The van der Waals surface area contributed by atoms with Crippen LogP contribution in [0.4, 0.5) is 0 Å². The van der Waals surface area contributed by atoms with Crippen LogP contribution in [-0.2, 0) is 19.6 Å². The summed E-state index contributed by atoms with van der Waals surface area (Å²) in [6.45, 7) is 5.71. The highest BCUT2D eigenvalue weighted by atomic mass is 32.2. The van der Waals surface area contributed by atoms with Crippen molar-refractivity contribution in [1.29, 1.82) is 0 Å². The Hall–Kier alpha value is -1.15. The fourth-order valence-electron chi connectivity index (χ4n) is 2.96. The van der Waals surface area contributed by atoms with Gasteiger partial charge in [0.1, 0.15) is 6.04 Å². The molecule has 0 aromatic carbocycles. The number of carboxylic acids is 1. The number of nitrogens with zero attached hydrogens (tertiary/aromatic N) is 1. The van der Waals surface area contributed by atoms with Crippen molar-refractivity contribution in [2.45, 2.75) is 58.9 Å². The lowest BCUT2D eigenvalue weighted by Gasteiger charge is -2.29. The van der Waals surface area contributed by atoms with Gasteiger partial charge in [-0.15, -0.1) is 0 Å². The molecule has 1 rings (SSSR count). The Kier molecular flexibility index (Phi) is 7.01. The van der Waals surface area contributed by atoms with Crippen molar-refractivity contribution >= 4 is 21.9 Å². The number of nitrogens with one attached hydrogen (secondary N) is 1. The normalized spacial score (nSPS) is 19.7. The number of hydrogen-bond acceptors (Lipinski definition) is 4. The number of carbonyl (C=O) groups excluding carboxylic acids is 1.